The van der Waals surface area contributed by atoms with Gasteiger partial charge in [-0.05, 0) is 25.8 Å². The van der Waals surface area contributed by atoms with Gasteiger partial charge in [0.1, 0.15) is 18.3 Å². The van der Waals surface area contributed by atoms with Crippen LogP contribution in [0.1, 0.15) is 226 Å². The van der Waals surface area contributed by atoms with Crippen LogP contribution in [0.4, 0.5) is 0 Å². The van der Waals surface area contributed by atoms with Crippen LogP contribution in [0.25, 0.3) is 0 Å². The van der Waals surface area contributed by atoms with Crippen molar-refractivity contribution in [3.05, 3.63) is 11.8 Å². The number of hydrogen-bond acceptors (Lipinski definition) is 6. The molecule has 8 nitrogen and oxygen atoms in total. The molecule has 0 unspecified atom stereocenters. The standard InChI is InChI=1S/2C18H36O2.C7H12O4/c2*1-2-3-4-5-6-7-8-9-10-11-12-13-14-15-16-17-18(19)20;1-4-2-5(9)7(10)6(3-8)11-4/h2*2-17H2,1H3,(H,19,20);2,5-10H,3H2,1H3/t;;5-,6-,7+/m..1/s1. The van der Waals surface area contributed by atoms with E-state index >= 15 is 0 Å². The van der Waals surface area contributed by atoms with Gasteiger partial charge in [0.2, 0.25) is 0 Å². The number of rotatable bonds is 33. The summed E-state index contributed by atoms with van der Waals surface area (Å²) in [7, 11) is 0. The lowest BCUT2D eigenvalue weighted by atomic mass is 10.0. The topological polar surface area (TPSA) is 145 Å². The van der Waals surface area contributed by atoms with Gasteiger partial charge < -0.3 is 30.3 Å². The first-order valence-corrected chi connectivity index (χ1v) is 21.4. The van der Waals surface area contributed by atoms with Crippen molar-refractivity contribution in [3.8, 4) is 0 Å². The van der Waals surface area contributed by atoms with E-state index in [4.69, 9.17) is 25.2 Å². The van der Waals surface area contributed by atoms with Crippen molar-refractivity contribution in [3.63, 3.8) is 0 Å². The number of aliphatic carboxylic acids is 2. The molecule has 1 heterocycles. The van der Waals surface area contributed by atoms with Gasteiger partial charge >= 0.3 is 11.9 Å². The number of carbonyl (C=O) groups is 2. The van der Waals surface area contributed by atoms with Crippen LogP contribution < -0.4 is 0 Å². The van der Waals surface area contributed by atoms with Gasteiger partial charge in [0, 0.05) is 12.8 Å². The maximum Gasteiger partial charge on any atom is 0.303 e. The highest BCUT2D eigenvalue weighted by Gasteiger charge is 2.30. The van der Waals surface area contributed by atoms with Crippen molar-refractivity contribution in [1.29, 1.82) is 0 Å². The lowest BCUT2D eigenvalue weighted by Crippen LogP contribution is -2.43. The zero-order valence-corrected chi connectivity index (χ0v) is 33.6. The molecule has 0 saturated carbocycles. The van der Waals surface area contributed by atoms with Gasteiger partial charge in [-0.3, -0.25) is 9.59 Å². The number of ether oxygens (including phenoxy) is 1. The van der Waals surface area contributed by atoms with Gasteiger partial charge in [0.15, 0.2) is 0 Å². The molecule has 0 saturated heterocycles. The van der Waals surface area contributed by atoms with E-state index in [-0.39, 0.29) is 6.61 Å². The van der Waals surface area contributed by atoms with Gasteiger partial charge in [-0.1, -0.05) is 194 Å². The predicted octanol–water partition coefficient (Wildman–Crippen LogP) is 11.7. The molecule has 0 radical (unpaired) electrons. The first kappa shape index (κ1) is 51.5. The SMILES string of the molecule is CC1=C[C@@H](O)[C@H](O)[C@@H](CO)O1.CCCCCCCCCCCCCCCCCC(=O)O.CCCCCCCCCCCCCCCCCC(=O)O. The molecule has 1 rings (SSSR count). The maximum absolute atomic E-state index is 10.3. The van der Waals surface area contributed by atoms with Gasteiger partial charge in [-0.25, -0.2) is 0 Å². The number of hydrogen-bond donors (Lipinski definition) is 5. The van der Waals surface area contributed by atoms with E-state index in [2.05, 4.69) is 13.8 Å². The monoisotopic (exact) mass is 729 g/mol. The highest BCUT2D eigenvalue weighted by molar-refractivity contribution is 5.66. The van der Waals surface area contributed by atoms with Crippen molar-refractivity contribution in [1.82, 2.24) is 0 Å². The van der Waals surface area contributed by atoms with E-state index in [0.717, 1.165) is 25.7 Å². The Morgan fingerprint density at radius 2 is 0.765 bits per heavy atom. The Morgan fingerprint density at radius 1 is 0.510 bits per heavy atom. The second-order valence-electron chi connectivity index (χ2n) is 14.8. The van der Waals surface area contributed by atoms with E-state index in [1.165, 1.54) is 173 Å². The zero-order chi connectivity index (χ0) is 38.2. The molecule has 1 aliphatic rings. The fourth-order valence-corrected chi connectivity index (χ4v) is 6.35. The summed E-state index contributed by atoms with van der Waals surface area (Å²) < 4.78 is 5.02. The molecule has 0 amide bonds. The third-order valence-electron chi connectivity index (χ3n) is 9.64. The van der Waals surface area contributed by atoms with E-state index < -0.39 is 30.3 Å². The molecule has 8 heteroatoms. The summed E-state index contributed by atoms with van der Waals surface area (Å²) in [6.45, 7) is 5.92. The highest BCUT2D eigenvalue weighted by atomic mass is 16.5. The number of aliphatic hydroxyl groups excluding tert-OH is 3. The first-order valence-electron chi connectivity index (χ1n) is 21.4. The molecule has 51 heavy (non-hydrogen) atoms. The van der Waals surface area contributed by atoms with E-state index in [1.54, 1.807) is 6.92 Å². The lowest BCUT2D eigenvalue weighted by molar-refractivity contribution is -0.138. The average molecular weight is 729 g/mol. The normalized spacial score (nSPS) is 16.7. The van der Waals surface area contributed by atoms with Crippen LogP contribution >= 0.6 is 0 Å². The number of allylic oxidation sites excluding steroid dienone is 1. The van der Waals surface area contributed by atoms with Gasteiger partial charge in [0.25, 0.3) is 0 Å². The third kappa shape index (κ3) is 41.0. The van der Waals surface area contributed by atoms with Gasteiger partial charge in [-0.15, -0.1) is 0 Å². The molecule has 5 N–H and O–H groups in total. The van der Waals surface area contributed by atoms with Crippen molar-refractivity contribution in [2.75, 3.05) is 6.61 Å². The zero-order valence-electron chi connectivity index (χ0n) is 33.6. The first-order chi connectivity index (χ1) is 24.7. The molecule has 0 fully saturated rings. The minimum atomic E-state index is -1.02. The largest absolute Gasteiger partial charge is 0.490 e. The maximum atomic E-state index is 10.3. The van der Waals surface area contributed by atoms with Crippen LogP contribution in [-0.2, 0) is 14.3 Å². The summed E-state index contributed by atoms with van der Waals surface area (Å²) in [6.07, 6.45) is 39.2. The molecule has 0 aromatic carbocycles. The van der Waals surface area contributed by atoms with Crippen molar-refractivity contribution >= 4 is 11.9 Å². The second kappa shape index (κ2) is 41.1. The second-order valence-corrected chi connectivity index (χ2v) is 14.8. The van der Waals surface area contributed by atoms with Crippen LogP contribution in [0.5, 0.6) is 0 Å². The van der Waals surface area contributed by atoms with Crippen molar-refractivity contribution in [2.45, 2.75) is 245 Å². The molecule has 304 valence electrons. The third-order valence-corrected chi connectivity index (χ3v) is 9.64. The molecular weight excluding hydrogens is 644 g/mol. The van der Waals surface area contributed by atoms with Gasteiger partial charge in [-0.2, -0.15) is 0 Å². The Hall–Kier alpha value is -1.64. The predicted molar refractivity (Wildman–Crippen MR) is 212 cm³/mol. The molecular formula is C43H84O8. The van der Waals surface area contributed by atoms with Gasteiger partial charge in [0.05, 0.1) is 12.4 Å². The fraction of sp³-hybridized carbons (Fsp3) is 0.907. The highest BCUT2D eigenvalue weighted by Crippen LogP contribution is 2.17. The molecule has 3 atom stereocenters. The Kier molecular flexibility index (Phi) is 41.5. The molecule has 0 spiro atoms. The van der Waals surface area contributed by atoms with Crippen molar-refractivity contribution in [2.24, 2.45) is 0 Å². The lowest BCUT2D eigenvalue weighted by Gasteiger charge is -2.29. The van der Waals surface area contributed by atoms with Crippen LogP contribution in [0.3, 0.4) is 0 Å². The van der Waals surface area contributed by atoms with Crippen LogP contribution in [0, 0.1) is 0 Å². The number of unbranched alkanes of at least 4 members (excludes halogenated alkanes) is 28. The van der Waals surface area contributed by atoms with E-state index in [1.807, 2.05) is 0 Å². The Labute approximate surface area is 314 Å². The summed E-state index contributed by atoms with van der Waals surface area (Å²) in [5.74, 6) is -0.777. The fourth-order valence-electron chi connectivity index (χ4n) is 6.35. The summed E-state index contributed by atoms with van der Waals surface area (Å²) >= 11 is 0. The quantitative estimate of drug-likeness (QED) is 0.0420. The Bertz CT molecular complexity index is 727. The minimum Gasteiger partial charge on any atom is -0.490 e. The summed E-state index contributed by atoms with van der Waals surface area (Å²) in [5.41, 5.74) is 0. The Balaban J connectivity index is 0. The smallest absolute Gasteiger partial charge is 0.303 e. The number of carboxylic acids is 2. The minimum absolute atomic E-state index is 0.288. The molecule has 0 aromatic heterocycles. The summed E-state index contributed by atoms with van der Waals surface area (Å²) in [5, 5.41) is 44.0. The molecule has 1 aliphatic heterocycles. The molecule has 0 aliphatic carbocycles. The van der Waals surface area contributed by atoms with Crippen LogP contribution in [0.15, 0.2) is 11.8 Å². The summed E-state index contributed by atoms with van der Waals surface area (Å²) in [6, 6.07) is 0. The molecule has 0 aromatic rings. The molecule has 0 bridgehead atoms. The van der Waals surface area contributed by atoms with E-state index in [0.29, 0.717) is 18.6 Å². The van der Waals surface area contributed by atoms with Crippen LogP contribution in [0.2, 0.25) is 0 Å². The average Bonchev–Trinajstić information content (AvgIpc) is 3.10. The van der Waals surface area contributed by atoms with Crippen LogP contribution in [-0.4, -0.2) is 62.4 Å². The van der Waals surface area contributed by atoms with Crippen molar-refractivity contribution < 1.29 is 39.9 Å². The number of aliphatic hydroxyl groups is 3. The Morgan fingerprint density at radius 3 is 1.00 bits per heavy atom. The number of carboxylic acid groups (broad SMARTS) is 2. The summed E-state index contributed by atoms with van der Waals surface area (Å²) in [4.78, 5) is 20.7. The van der Waals surface area contributed by atoms with E-state index in [9.17, 15) is 14.7 Å².